The van der Waals surface area contributed by atoms with Crippen molar-refractivity contribution < 1.29 is 18.3 Å². The van der Waals surface area contributed by atoms with Gasteiger partial charge in [-0.25, -0.2) is 13.2 Å². The van der Waals surface area contributed by atoms with E-state index in [-0.39, 0.29) is 22.4 Å². The molecular weight excluding hydrogens is 508 g/mol. The summed E-state index contributed by atoms with van der Waals surface area (Å²) in [6.07, 6.45) is 5.44. The molecule has 5 rings (SSSR count). The van der Waals surface area contributed by atoms with Crippen molar-refractivity contribution >= 4 is 39.0 Å². The third kappa shape index (κ3) is 4.76. The van der Waals surface area contributed by atoms with Crippen molar-refractivity contribution in [2.24, 2.45) is 5.92 Å². The highest BCUT2D eigenvalue weighted by Crippen LogP contribution is 2.45. The zero-order valence-electron chi connectivity index (χ0n) is 21.0. The Kier molecular flexibility index (Phi) is 7.05. The van der Waals surface area contributed by atoms with E-state index in [9.17, 15) is 18.3 Å². The Hall–Kier alpha value is -2.87. The topological polar surface area (TPSA) is 77.9 Å². The number of carboxylic acids is 1. The lowest BCUT2D eigenvalue weighted by Gasteiger charge is -2.36. The van der Waals surface area contributed by atoms with Crippen LogP contribution in [0.5, 0.6) is 0 Å². The molecule has 37 heavy (non-hydrogen) atoms. The van der Waals surface area contributed by atoms with Crippen molar-refractivity contribution in [1.29, 1.82) is 0 Å². The van der Waals surface area contributed by atoms with Crippen LogP contribution in [-0.2, 0) is 10.0 Å². The number of fused-ring (bicyclic) bond motifs is 1. The number of para-hydroxylation sites is 1. The number of halogens is 1. The van der Waals surface area contributed by atoms with E-state index in [4.69, 9.17) is 11.6 Å². The number of rotatable bonds is 4. The van der Waals surface area contributed by atoms with Gasteiger partial charge in [0.05, 0.1) is 16.3 Å². The number of benzene rings is 3. The molecule has 0 saturated heterocycles. The third-order valence-corrected chi connectivity index (χ3v) is 10.1. The third-order valence-electron chi connectivity index (χ3n) is 7.87. The zero-order valence-corrected chi connectivity index (χ0v) is 22.6. The van der Waals surface area contributed by atoms with Gasteiger partial charge in [-0.1, -0.05) is 55.1 Å². The molecule has 1 fully saturated rings. The fraction of sp³-hybridized carbons (Fsp3) is 0.345. The number of carboxylic acid groups (broad SMARTS) is 1. The second-order valence-electron chi connectivity index (χ2n) is 10.1. The molecule has 0 radical (unpaired) electrons. The first kappa shape index (κ1) is 25.8. The number of carbonyl (C=O) groups is 1. The molecule has 0 unspecified atom stereocenters. The van der Waals surface area contributed by atoms with Crippen LogP contribution in [0.15, 0.2) is 65.6 Å². The van der Waals surface area contributed by atoms with Crippen molar-refractivity contribution in [2.75, 3.05) is 18.5 Å². The molecule has 1 atom stereocenters. The van der Waals surface area contributed by atoms with Gasteiger partial charge < -0.3 is 10.0 Å². The second-order valence-corrected chi connectivity index (χ2v) is 12.4. The predicted molar refractivity (Wildman–Crippen MR) is 147 cm³/mol. The minimum absolute atomic E-state index is 0.120. The molecule has 1 saturated carbocycles. The van der Waals surface area contributed by atoms with Crippen LogP contribution in [-0.4, -0.2) is 43.4 Å². The molecule has 3 aromatic rings. The first-order valence-electron chi connectivity index (χ1n) is 12.7. The minimum atomic E-state index is -3.87. The standard InChI is InChI=1S/C29H31ClN2O4S/c1-19-13-14-21(29(33)34)15-23(19)24-16-28-26(17-25(24)30)32(22-11-7-4-8-12-22)18-27(31(2)37(28,35)36)20-9-5-3-6-10-20/h4,7-8,11-17,20,27H,3,5-6,9-10,18H2,1-2H3,(H,33,34)/t27-/m0/s1. The quantitative estimate of drug-likeness (QED) is 0.398. The number of nitrogens with zero attached hydrogens (tertiary/aromatic N) is 2. The van der Waals surface area contributed by atoms with Gasteiger partial charge in [0, 0.05) is 30.9 Å². The fourth-order valence-electron chi connectivity index (χ4n) is 5.76. The molecule has 8 heteroatoms. The Bertz CT molecular complexity index is 1440. The van der Waals surface area contributed by atoms with E-state index in [0.29, 0.717) is 28.4 Å². The molecule has 3 aromatic carbocycles. The van der Waals surface area contributed by atoms with Gasteiger partial charge in [0.2, 0.25) is 10.0 Å². The number of anilines is 2. The Morgan fingerprint density at radius 2 is 1.68 bits per heavy atom. The molecule has 0 bridgehead atoms. The molecule has 0 spiro atoms. The maximum absolute atomic E-state index is 14.2. The van der Waals surface area contributed by atoms with Gasteiger partial charge in [-0.15, -0.1) is 0 Å². The van der Waals surface area contributed by atoms with Crippen molar-refractivity contribution in [3.8, 4) is 11.1 Å². The SMILES string of the molecule is Cc1ccc(C(=O)O)cc1-c1cc2c(cc1Cl)N(c1ccccc1)C[C@@H](C1CCCCC1)N(C)S2(=O)=O. The van der Waals surface area contributed by atoms with E-state index in [2.05, 4.69) is 4.90 Å². The molecular formula is C29H31ClN2O4S. The number of aryl methyl sites for hydroxylation is 1. The highest BCUT2D eigenvalue weighted by Gasteiger charge is 2.41. The Balaban J connectivity index is 1.73. The molecule has 1 aliphatic carbocycles. The van der Waals surface area contributed by atoms with Gasteiger partial charge in [-0.2, -0.15) is 4.31 Å². The average molecular weight is 539 g/mol. The van der Waals surface area contributed by atoms with Crippen molar-refractivity contribution in [1.82, 2.24) is 4.31 Å². The summed E-state index contributed by atoms with van der Waals surface area (Å²) < 4.78 is 29.9. The lowest BCUT2D eigenvalue weighted by Crippen LogP contribution is -2.46. The summed E-state index contributed by atoms with van der Waals surface area (Å²) in [5.74, 6) is -0.774. The van der Waals surface area contributed by atoms with Crippen molar-refractivity contribution in [2.45, 2.75) is 50.0 Å². The molecule has 1 heterocycles. The number of sulfonamides is 1. The summed E-state index contributed by atoms with van der Waals surface area (Å²) in [4.78, 5) is 13.9. The van der Waals surface area contributed by atoms with Crippen LogP contribution in [0.4, 0.5) is 11.4 Å². The number of aromatic carboxylic acids is 1. The lowest BCUT2D eigenvalue weighted by atomic mass is 9.83. The highest BCUT2D eigenvalue weighted by atomic mass is 35.5. The maximum Gasteiger partial charge on any atom is 0.335 e. The van der Waals surface area contributed by atoms with E-state index in [0.717, 1.165) is 36.9 Å². The minimum Gasteiger partial charge on any atom is -0.478 e. The van der Waals surface area contributed by atoms with E-state index in [1.165, 1.54) is 12.5 Å². The van der Waals surface area contributed by atoms with E-state index >= 15 is 0 Å². The van der Waals surface area contributed by atoms with Crippen molar-refractivity contribution in [3.63, 3.8) is 0 Å². The monoisotopic (exact) mass is 538 g/mol. The van der Waals surface area contributed by atoms with E-state index in [1.54, 1.807) is 35.6 Å². The van der Waals surface area contributed by atoms with Crippen LogP contribution in [0.1, 0.15) is 48.0 Å². The molecule has 194 valence electrons. The van der Waals surface area contributed by atoms with Crippen LogP contribution in [0.2, 0.25) is 5.02 Å². The summed E-state index contributed by atoms with van der Waals surface area (Å²) >= 11 is 6.84. The Morgan fingerprint density at radius 1 is 0.973 bits per heavy atom. The van der Waals surface area contributed by atoms with Gasteiger partial charge in [0.25, 0.3) is 0 Å². The van der Waals surface area contributed by atoms with Gasteiger partial charge in [-0.05, 0) is 73.2 Å². The molecule has 0 aromatic heterocycles. The average Bonchev–Trinajstić information content (AvgIpc) is 2.97. The number of likely N-dealkylation sites (N-methyl/N-ethyl adjacent to an activating group) is 1. The molecule has 1 N–H and O–H groups in total. The van der Waals surface area contributed by atoms with Crippen molar-refractivity contribution in [3.05, 3.63) is 76.8 Å². The first-order valence-corrected chi connectivity index (χ1v) is 14.5. The highest BCUT2D eigenvalue weighted by molar-refractivity contribution is 7.89. The van der Waals surface area contributed by atoms with Crippen LogP contribution in [0, 0.1) is 12.8 Å². The normalized spacial score (nSPS) is 20.3. The van der Waals surface area contributed by atoms with Crippen LogP contribution < -0.4 is 4.90 Å². The van der Waals surface area contributed by atoms with Gasteiger partial charge in [0.15, 0.2) is 0 Å². The molecule has 6 nitrogen and oxygen atoms in total. The largest absolute Gasteiger partial charge is 0.478 e. The molecule has 0 amide bonds. The fourth-order valence-corrected chi connectivity index (χ4v) is 7.63. The predicted octanol–water partition coefficient (Wildman–Crippen LogP) is 6.73. The van der Waals surface area contributed by atoms with E-state index < -0.39 is 16.0 Å². The van der Waals surface area contributed by atoms with Crippen LogP contribution in [0.3, 0.4) is 0 Å². The Morgan fingerprint density at radius 3 is 2.35 bits per heavy atom. The lowest BCUT2D eigenvalue weighted by molar-refractivity contribution is 0.0697. The first-order chi connectivity index (χ1) is 17.7. The summed E-state index contributed by atoms with van der Waals surface area (Å²) in [5.41, 5.74) is 3.48. The maximum atomic E-state index is 14.2. The summed E-state index contributed by atoms with van der Waals surface area (Å²) in [7, 11) is -2.17. The van der Waals surface area contributed by atoms with Gasteiger partial charge >= 0.3 is 5.97 Å². The number of hydrogen-bond acceptors (Lipinski definition) is 4. The second kappa shape index (κ2) is 10.1. The molecule has 2 aliphatic rings. The van der Waals surface area contributed by atoms with Crippen LogP contribution >= 0.6 is 11.6 Å². The van der Waals surface area contributed by atoms with E-state index in [1.807, 2.05) is 37.3 Å². The van der Waals surface area contributed by atoms with Gasteiger partial charge in [-0.3, -0.25) is 0 Å². The smallest absolute Gasteiger partial charge is 0.335 e. The number of hydrogen-bond donors (Lipinski definition) is 1. The van der Waals surface area contributed by atoms with Gasteiger partial charge in [0.1, 0.15) is 4.90 Å². The summed E-state index contributed by atoms with van der Waals surface area (Å²) in [5, 5.41) is 9.91. The Labute approximate surface area is 223 Å². The molecule has 1 aliphatic heterocycles. The zero-order chi connectivity index (χ0) is 26.3. The summed E-state index contributed by atoms with van der Waals surface area (Å²) in [6, 6.07) is 17.8. The van der Waals surface area contributed by atoms with Crippen LogP contribution in [0.25, 0.3) is 11.1 Å². The summed E-state index contributed by atoms with van der Waals surface area (Å²) in [6.45, 7) is 2.39.